The molecular formula is C55H69N7O8. The normalized spacial score (nSPS) is 23.8. The van der Waals surface area contributed by atoms with Crippen LogP contribution in [0.15, 0.2) is 60.8 Å². The van der Waals surface area contributed by atoms with Gasteiger partial charge in [-0.15, -0.1) is 0 Å². The summed E-state index contributed by atoms with van der Waals surface area (Å²) < 4.78 is 14.1. The average Bonchev–Trinajstić information content (AvgIpc) is 4.10. The van der Waals surface area contributed by atoms with E-state index in [0.717, 1.165) is 75.8 Å². The van der Waals surface area contributed by atoms with Gasteiger partial charge in [0.05, 0.1) is 30.0 Å². The first-order valence-corrected chi connectivity index (χ1v) is 25.0. The molecule has 2 aromatic carbocycles. The van der Waals surface area contributed by atoms with Gasteiger partial charge in [-0.1, -0.05) is 69.9 Å². The number of hydrogen-bond donors (Lipinski definition) is 3. The van der Waals surface area contributed by atoms with Crippen molar-refractivity contribution >= 4 is 40.5 Å². The highest BCUT2D eigenvalue weighted by Crippen LogP contribution is 2.42. The Bertz CT molecular complexity index is 2710. The van der Waals surface area contributed by atoms with Crippen LogP contribution in [0.3, 0.4) is 0 Å². The summed E-state index contributed by atoms with van der Waals surface area (Å²) in [6.07, 6.45) is 5.62. The molecule has 2 aromatic heterocycles. The summed E-state index contributed by atoms with van der Waals surface area (Å²) >= 11 is 0. The van der Waals surface area contributed by atoms with Gasteiger partial charge in [0.25, 0.3) is 11.8 Å². The number of esters is 1. The molecule has 5 heterocycles. The molecule has 6 atom stereocenters. The van der Waals surface area contributed by atoms with Crippen LogP contribution < -0.4 is 10.7 Å². The third-order valence-corrected chi connectivity index (χ3v) is 15.1. The maximum atomic E-state index is 15.0. The lowest BCUT2D eigenvalue weighted by atomic mass is 9.84. The molecule has 3 N–H and O–H groups in total. The van der Waals surface area contributed by atoms with Crippen molar-refractivity contribution in [1.29, 1.82) is 0 Å². The minimum Gasteiger partial charge on any atom is -0.462 e. The average molecular weight is 956 g/mol. The molecule has 70 heavy (non-hydrogen) atoms. The Morgan fingerprint density at radius 3 is 2.54 bits per heavy atom. The van der Waals surface area contributed by atoms with Crippen LogP contribution in [-0.4, -0.2) is 117 Å². The molecule has 0 spiro atoms. The van der Waals surface area contributed by atoms with Crippen molar-refractivity contribution in [2.24, 2.45) is 23.2 Å². The molecule has 6 bridgehead atoms. The lowest BCUT2D eigenvalue weighted by molar-refractivity contribution is -0.189. The van der Waals surface area contributed by atoms with Gasteiger partial charge in [-0.3, -0.25) is 29.2 Å². The molecular weight excluding hydrogens is 887 g/mol. The Labute approximate surface area is 411 Å². The number of nitrogens with zero attached hydrogens (tertiary/aromatic N) is 5. The SMILES string of the molecule is CC#CC(=O)N1C[C@H](C)[C@H](C(=O)N(C)[C@H](C(=O)N[C@H]2Cc3cccc(c3)-c3ccc4c(c3)c(c(-c3cccnc3[C@H](C)OC)n4CC)CC(C)(C)COC(=O)[C@@]3(O)CCCN(N3)C2=O)C2CCCC2)C1. The van der Waals surface area contributed by atoms with E-state index in [-0.39, 0.29) is 68.7 Å². The number of methoxy groups -OCH3 is 1. The van der Waals surface area contributed by atoms with Crippen LogP contribution in [0.4, 0.5) is 0 Å². The Morgan fingerprint density at radius 1 is 1.06 bits per heavy atom. The van der Waals surface area contributed by atoms with Gasteiger partial charge in [-0.05, 0) is 111 Å². The fourth-order valence-corrected chi connectivity index (χ4v) is 11.3. The Kier molecular flexibility index (Phi) is 14.9. The predicted molar refractivity (Wildman–Crippen MR) is 266 cm³/mol. The number of fused-ring (bicyclic) bond motifs is 6. The van der Waals surface area contributed by atoms with E-state index in [1.165, 1.54) is 9.91 Å². The van der Waals surface area contributed by atoms with Gasteiger partial charge in [0.1, 0.15) is 12.1 Å². The fourth-order valence-electron chi connectivity index (χ4n) is 11.3. The van der Waals surface area contributed by atoms with Gasteiger partial charge in [0.15, 0.2) is 0 Å². The number of carbonyl (C=O) groups excluding carboxylic acids is 5. The van der Waals surface area contributed by atoms with Crippen molar-refractivity contribution in [2.75, 3.05) is 40.4 Å². The third-order valence-electron chi connectivity index (χ3n) is 15.1. The minimum absolute atomic E-state index is 0.00219. The minimum atomic E-state index is -2.22. The fraction of sp³-hybridized carbons (Fsp3) is 0.527. The molecule has 3 fully saturated rings. The quantitative estimate of drug-likeness (QED) is 0.129. The van der Waals surface area contributed by atoms with E-state index in [1.54, 1.807) is 32.2 Å². The maximum Gasteiger partial charge on any atom is 0.355 e. The van der Waals surface area contributed by atoms with Crippen LogP contribution in [0.5, 0.6) is 0 Å². The van der Waals surface area contributed by atoms with E-state index in [9.17, 15) is 29.1 Å². The zero-order valence-corrected chi connectivity index (χ0v) is 42.0. The van der Waals surface area contributed by atoms with Crippen LogP contribution >= 0.6 is 0 Å². The highest BCUT2D eigenvalue weighted by atomic mass is 16.6. The van der Waals surface area contributed by atoms with Gasteiger partial charge >= 0.3 is 5.97 Å². The first-order valence-electron chi connectivity index (χ1n) is 25.0. The number of ether oxygens (including phenoxy) is 2. The number of benzene rings is 2. The van der Waals surface area contributed by atoms with Crippen LogP contribution in [-0.2, 0) is 52.8 Å². The van der Waals surface area contributed by atoms with Gasteiger partial charge < -0.3 is 34.3 Å². The zero-order valence-electron chi connectivity index (χ0n) is 42.0. The van der Waals surface area contributed by atoms with E-state index in [2.05, 4.69) is 58.3 Å². The van der Waals surface area contributed by atoms with Gasteiger partial charge in [-0.2, -0.15) is 5.43 Å². The number of hydrazine groups is 1. The number of aryl methyl sites for hydroxylation is 1. The predicted octanol–water partition coefficient (Wildman–Crippen LogP) is 6.20. The Hall–Kier alpha value is -6.08. The standard InChI is InChI=1S/C55H69N7O8/c1-9-16-46(63)60-31-34(3)43(32-60)51(65)59(7)48(37-18-11-12-19-37)50(64)57-44-28-36-17-13-20-38(27-36)39-22-23-45-41(29-39)42(49(61(45)10-2)40-21-14-25-56-47(40)35(4)69-8)30-54(5,6)33-70-53(67)55(68)24-15-26-62(58-55)52(44)66/h13-14,17,20-23,25,27,29,34-35,37,43-44,48,58,68H,10-12,15,18-19,24,26,28,30-33H2,1-8H3,(H,57,64)/t34-,35-,43+,44-,48-,55-/m0/s1. The lowest BCUT2D eigenvalue weighted by Crippen LogP contribution is -2.67. The number of likely N-dealkylation sites (tertiary alicyclic amines) is 1. The molecule has 15 heteroatoms. The maximum absolute atomic E-state index is 15.0. The number of pyridine rings is 1. The number of aromatic nitrogens is 2. The summed E-state index contributed by atoms with van der Waals surface area (Å²) in [7, 11) is 3.32. The number of cyclic esters (lactones) is 1. The molecule has 3 aliphatic heterocycles. The smallest absolute Gasteiger partial charge is 0.355 e. The van der Waals surface area contributed by atoms with Crippen LogP contribution in [0.1, 0.15) is 103 Å². The molecule has 0 unspecified atom stereocenters. The summed E-state index contributed by atoms with van der Waals surface area (Å²) in [6, 6.07) is 16.3. The Morgan fingerprint density at radius 2 is 1.81 bits per heavy atom. The highest BCUT2D eigenvalue weighted by molar-refractivity contribution is 5.97. The molecule has 8 rings (SSSR count). The highest BCUT2D eigenvalue weighted by Gasteiger charge is 2.47. The van der Waals surface area contributed by atoms with E-state index in [4.69, 9.17) is 14.5 Å². The summed E-state index contributed by atoms with van der Waals surface area (Å²) in [4.78, 5) is 79.1. The zero-order chi connectivity index (χ0) is 50.1. The van der Waals surface area contributed by atoms with Crippen LogP contribution in [0.2, 0.25) is 0 Å². The van der Waals surface area contributed by atoms with Crippen molar-refractivity contribution in [3.05, 3.63) is 77.6 Å². The molecule has 15 nitrogen and oxygen atoms in total. The number of hydrogen-bond acceptors (Lipinski definition) is 10. The molecule has 4 aliphatic rings. The lowest BCUT2D eigenvalue weighted by Gasteiger charge is -2.40. The van der Waals surface area contributed by atoms with Crippen molar-refractivity contribution in [3.63, 3.8) is 0 Å². The number of aliphatic hydroxyl groups is 1. The second-order valence-corrected chi connectivity index (χ2v) is 20.7. The molecule has 4 amide bonds. The molecule has 1 saturated carbocycles. The summed E-state index contributed by atoms with van der Waals surface area (Å²) in [5.74, 6) is 1.93. The van der Waals surface area contributed by atoms with E-state index in [1.807, 2.05) is 58.0 Å². The second-order valence-electron chi connectivity index (χ2n) is 20.7. The van der Waals surface area contributed by atoms with Crippen LogP contribution in [0, 0.1) is 35.0 Å². The second kappa shape index (κ2) is 20.7. The van der Waals surface area contributed by atoms with Gasteiger partial charge in [-0.25, -0.2) is 4.79 Å². The third kappa shape index (κ3) is 10.1. The number of carbonyl (C=O) groups is 5. The first kappa shape index (κ1) is 50.3. The van der Waals surface area contributed by atoms with Gasteiger partial charge in [0.2, 0.25) is 17.5 Å². The van der Waals surface area contributed by atoms with E-state index in [0.29, 0.717) is 19.5 Å². The molecule has 372 valence electrons. The first-order chi connectivity index (χ1) is 33.5. The van der Waals surface area contributed by atoms with E-state index < -0.39 is 46.9 Å². The Balaban J connectivity index is 1.20. The monoisotopic (exact) mass is 956 g/mol. The number of amides is 4. The van der Waals surface area contributed by atoms with Crippen molar-refractivity contribution in [3.8, 4) is 34.2 Å². The summed E-state index contributed by atoms with van der Waals surface area (Å²) in [5, 5.41) is 17.3. The van der Waals surface area contributed by atoms with E-state index >= 15 is 0 Å². The summed E-state index contributed by atoms with van der Waals surface area (Å²) in [6.45, 7) is 13.1. The van der Waals surface area contributed by atoms with Gasteiger partial charge in [0, 0.05) is 81.3 Å². The summed E-state index contributed by atoms with van der Waals surface area (Å²) in [5.41, 5.74) is 7.46. The van der Waals surface area contributed by atoms with Crippen molar-refractivity contribution in [1.82, 2.24) is 35.1 Å². The van der Waals surface area contributed by atoms with Crippen LogP contribution in [0.25, 0.3) is 33.3 Å². The molecule has 0 radical (unpaired) electrons. The number of rotatable bonds is 9. The van der Waals surface area contributed by atoms with Crippen molar-refractivity contribution < 1.29 is 38.6 Å². The van der Waals surface area contributed by atoms with Crippen molar-refractivity contribution in [2.45, 2.75) is 123 Å². The largest absolute Gasteiger partial charge is 0.462 e. The number of likely N-dealkylation sites (N-methyl/N-ethyl adjacent to an activating group) is 1. The topological polar surface area (TPSA) is 176 Å². The number of nitrogens with one attached hydrogen (secondary N) is 2. The molecule has 4 aromatic rings. The molecule has 1 aliphatic carbocycles. The molecule has 2 saturated heterocycles.